The predicted octanol–water partition coefficient (Wildman–Crippen LogP) is 5.01. The van der Waals surface area contributed by atoms with Gasteiger partial charge in [-0.05, 0) is 39.9 Å². The second kappa shape index (κ2) is 8.78. The maximum Gasteiger partial charge on any atom is 0.407 e. The Bertz CT molecular complexity index is 1100. The van der Waals surface area contributed by atoms with Crippen LogP contribution in [0, 0.1) is 5.82 Å². The van der Waals surface area contributed by atoms with Gasteiger partial charge < -0.3 is 15.2 Å². The molecule has 0 aromatic heterocycles. The van der Waals surface area contributed by atoms with E-state index >= 15 is 0 Å². The maximum absolute atomic E-state index is 13.2. The first-order valence-electron chi connectivity index (χ1n) is 9.72. The van der Waals surface area contributed by atoms with Crippen molar-refractivity contribution in [2.45, 2.75) is 18.4 Å². The summed E-state index contributed by atoms with van der Waals surface area (Å²) in [7, 11) is 0. The fraction of sp³-hybridized carbons (Fsp3) is 0.167. The number of halogens is 2. The van der Waals surface area contributed by atoms with Crippen LogP contribution in [0.25, 0.3) is 11.1 Å². The lowest BCUT2D eigenvalue weighted by molar-refractivity contribution is -0.139. The highest BCUT2D eigenvalue weighted by atomic mass is 35.5. The summed E-state index contributed by atoms with van der Waals surface area (Å²) in [6.45, 7) is 0.0729. The third kappa shape index (κ3) is 4.39. The number of aliphatic carboxylic acids is 1. The summed E-state index contributed by atoms with van der Waals surface area (Å²) >= 11 is 5.98. The minimum atomic E-state index is -1.27. The molecule has 3 aromatic rings. The van der Waals surface area contributed by atoms with Gasteiger partial charge >= 0.3 is 12.1 Å². The zero-order chi connectivity index (χ0) is 22.0. The molecule has 0 aliphatic heterocycles. The molecule has 158 valence electrons. The maximum atomic E-state index is 13.2. The van der Waals surface area contributed by atoms with E-state index in [0.29, 0.717) is 5.56 Å². The van der Waals surface area contributed by atoms with Crippen molar-refractivity contribution in [3.63, 3.8) is 0 Å². The van der Waals surface area contributed by atoms with Crippen LogP contribution >= 0.6 is 11.6 Å². The number of benzene rings is 3. The molecule has 31 heavy (non-hydrogen) atoms. The van der Waals surface area contributed by atoms with Crippen molar-refractivity contribution in [2.24, 2.45) is 0 Å². The molecule has 1 atom stereocenters. The van der Waals surface area contributed by atoms with Gasteiger partial charge in [-0.2, -0.15) is 0 Å². The molecule has 0 fully saturated rings. The van der Waals surface area contributed by atoms with Gasteiger partial charge in [0.15, 0.2) is 0 Å². The lowest BCUT2D eigenvalue weighted by Crippen LogP contribution is -2.43. The van der Waals surface area contributed by atoms with Gasteiger partial charge in [0.1, 0.15) is 18.5 Å². The molecule has 0 unspecified atom stereocenters. The Morgan fingerprint density at radius 2 is 1.65 bits per heavy atom. The van der Waals surface area contributed by atoms with Crippen molar-refractivity contribution in [3.05, 3.63) is 94.3 Å². The summed E-state index contributed by atoms with van der Waals surface area (Å²) in [5.41, 5.74) is 4.73. The van der Waals surface area contributed by atoms with E-state index in [1.807, 2.05) is 48.5 Å². The summed E-state index contributed by atoms with van der Waals surface area (Å²) < 4.78 is 18.6. The second-order valence-corrected chi connectivity index (χ2v) is 7.71. The zero-order valence-electron chi connectivity index (χ0n) is 16.3. The van der Waals surface area contributed by atoms with Crippen molar-refractivity contribution in [1.82, 2.24) is 5.32 Å². The normalized spacial score (nSPS) is 13.2. The van der Waals surface area contributed by atoms with E-state index in [9.17, 15) is 19.1 Å². The van der Waals surface area contributed by atoms with Crippen LogP contribution in [0.15, 0.2) is 66.7 Å². The number of hydrogen-bond donors (Lipinski definition) is 2. The third-order valence-electron chi connectivity index (χ3n) is 5.37. The first-order chi connectivity index (χ1) is 14.9. The molecule has 0 bridgehead atoms. The van der Waals surface area contributed by atoms with Gasteiger partial charge in [0, 0.05) is 17.4 Å². The van der Waals surface area contributed by atoms with Gasteiger partial charge in [0.2, 0.25) is 0 Å². The summed E-state index contributed by atoms with van der Waals surface area (Å²) in [5.74, 6) is -1.90. The van der Waals surface area contributed by atoms with Crippen LogP contribution in [0.4, 0.5) is 9.18 Å². The number of rotatable bonds is 6. The summed E-state index contributed by atoms with van der Waals surface area (Å²) in [5, 5.41) is 11.9. The molecular weight excluding hydrogens is 421 g/mol. The quantitative estimate of drug-likeness (QED) is 0.566. The Kier molecular flexibility index (Phi) is 5.91. The lowest BCUT2D eigenvalue weighted by Gasteiger charge is -2.18. The van der Waals surface area contributed by atoms with Crippen LogP contribution in [0.2, 0.25) is 5.02 Å². The molecule has 0 heterocycles. The molecule has 0 spiro atoms. The number of amides is 1. The van der Waals surface area contributed by atoms with Crippen molar-refractivity contribution < 1.29 is 23.8 Å². The molecule has 0 saturated heterocycles. The fourth-order valence-corrected chi connectivity index (χ4v) is 4.13. The molecule has 2 N–H and O–H groups in total. The number of hydrogen-bond acceptors (Lipinski definition) is 3. The van der Waals surface area contributed by atoms with E-state index in [1.54, 1.807) is 0 Å². The molecular formula is C24H19ClFNO4. The lowest BCUT2D eigenvalue weighted by atomic mass is 9.98. The van der Waals surface area contributed by atoms with Gasteiger partial charge in [-0.15, -0.1) is 0 Å². The average molecular weight is 440 g/mol. The number of carboxylic acid groups (broad SMARTS) is 1. The number of ether oxygens (including phenoxy) is 1. The molecule has 4 rings (SSSR count). The molecule has 1 amide bonds. The Morgan fingerprint density at radius 3 is 2.23 bits per heavy atom. The monoisotopic (exact) mass is 439 g/mol. The topological polar surface area (TPSA) is 75.6 Å². The highest BCUT2D eigenvalue weighted by molar-refractivity contribution is 6.31. The van der Waals surface area contributed by atoms with Gasteiger partial charge in [-0.1, -0.05) is 66.2 Å². The summed E-state index contributed by atoms with van der Waals surface area (Å²) in [6, 6.07) is 18.3. The third-order valence-corrected chi connectivity index (χ3v) is 5.72. The number of fused-ring (bicyclic) bond motifs is 3. The van der Waals surface area contributed by atoms with E-state index in [-0.39, 0.29) is 24.0 Å². The number of nitrogens with one attached hydrogen (secondary N) is 1. The highest BCUT2D eigenvalue weighted by Gasteiger charge is 2.30. The Balaban J connectivity index is 1.44. The highest BCUT2D eigenvalue weighted by Crippen LogP contribution is 2.44. The van der Waals surface area contributed by atoms with Crippen molar-refractivity contribution in [2.75, 3.05) is 6.61 Å². The zero-order valence-corrected chi connectivity index (χ0v) is 17.1. The first kappa shape index (κ1) is 20.9. The predicted molar refractivity (Wildman–Crippen MR) is 115 cm³/mol. The van der Waals surface area contributed by atoms with Crippen LogP contribution in [-0.2, 0) is 16.0 Å². The van der Waals surface area contributed by atoms with Crippen LogP contribution < -0.4 is 5.32 Å². The van der Waals surface area contributed by atoms with Crippen LogP contribution in [0.5, 0.6) is 0 Å². The summed E-state index contributed by atoms with van der Waals surface area (Å²) in [4.78, 5) is 24.0. The van der Waals surface area contributed by atoms with E-state index in [4.69, 9.17) is 16.3 Å². The van der Waals surface area contributed by atoms with Crippen LogP contribution in [0.1, 0.15) is 22.6 Å². The van der Waals surface area contributed by atoms with E-state index in [2.05, 4.69) is 5.32 Å². The van der Waals surface area contributed by atoms with Crippen molar-refractivity contribution in [1.29, 1.82) is 0 Å². The minimum Gasteiger partial charge on any atom is -0.480 e. The average Bonchev–Trinajstić information content (AvgIpc) is 3.07. The fourth-order valence-electron chi connectivity index (χ4n) is 3.89. The molecule has 0 radical (unpaired) electrons. The Morgan fingerprint density at radius 1 is 1.03 bits per heavy atom. The van der Waals surface area contributed by atoms with Gasteiger partial charge in [0.25, 0.3) is 0 Å². The standard InChI is InChI=1S/C24H19ClFNO4/c25-21-12-15(26)10-9-14(21)11-22(23(28)29)27-24(30)31-13-20-18-7-3-1-5-16(18)17-6-2-4-8-19(17)20/h1-10,12,20,22H,11,13H2,(H,27,30)(H,28,29)/t22-/m1/s1. The Labute approximate surface area is 183 Å². The minimum absolute atomic E-state index is 0.0729. The van der Waals surface area contributed by atoms with Crippen molar-refractivity contribution >= 4 is 23.7 Å². The number of carboxylic acids is 1. The number of carbonyl (C=O) groups is 2. The largest absolute Gasteiger partial charge is 0.480 e. The van der Waals surface area contributed by atoms with Gasteiger partial charge in [-0.25, -0.2) is 14.0 Å². The summed E-state index contributed by atoms with van der Waals surface area (Å²) in [6.07, 6.45) is -0.939. The van der Waals surface area contributed by atoms with Gasteiger partial charge in [-0.3, -0.25) is 0 Å². The van der Waals surface area contributed by atoms with E-state index < -0.39 is 23.9 Å². The molecule has 1 aliphatic rings. The van der Waals surface area contributed by atoms with E-state index in [1.165, 1.54) is 12.1 Å². The molecule has 3 aromatic carbocycles. The molecule has 0 saturated carbocycles. The van der Waals surface area contributed by atoms with E-state index in [0.717, 1.165) is 28.3 Å². The molecule has 7 heteroatoms. The number of carbonyl (C=O) groups excluding carboxylic acids is 1. The number of alkyl carbamates (subject to hydrolysis) is 1. The second-order valence-electron chi connectivity index (χ2n) is 7.30. The Hall–Kier alpha value is -3.38. The smallest absolute Gasteiger partial charge is 0.407 e. The van der Waals surface area contributed by atoms with Crippen LogP contribution in [-0.4, -0.2) is 29.8 Å². The van der Waals surface area contributed by atoms with Crippen molar-refractivity contribution in [3.8, 4) is 11.1 Å². The van der Waals surface area contributed by atoms with Crippen LogP contribution in [0.3, 0.4) is 0 Å². The molecule has 1 aliphatic carbocycles. The SMILES string of the molecule is O=C(N[C@H](Cc1ccc(F)cc1Cl)C(=O)O)OCC1c2ccccc2-c2ccccc21. The molecule has 5 nitrogen and oxygen atoms in total. The van der Waals surface area contributed by atoms with Gasteiger partial charge in [0.05, 0.1) is 0 Å². The first-order valence-corrected chi connectivity index (χ1v) is 10.1.